The lowest BCUT2D eigenvalue weighted by Gasteiger charge is -2.05. The molecular weight excluding hydrogens is 264 g/mol. The van der Waals surface area contributed by atoms with Crippen LogP contribution >= 0.6 is 11.3 Å². The van der Waals surface area contributed by atoms with E-state index in [1.807, 2.05) is 13.0 Å². The van der Waals surface area contributed by atoms with E-state index in [9.17, 15) is 10.1 Å². The molecule has 2 rings (SSSR count). The molecule has 1 aromatic carbocycles. The molecule has 0 saturated carbocycles. The van der Waals surface area contributed by atoms with Gasteiger partial charge in [-0.1, -0.05) is 6.07 Å². The molecule has 0 fully saturated rings. The number of nitrogens with one attached hydrogen (secondary N) is 1. The number of aryl methyl sites for hydroxylation is 1. The molecule has 19 heavy (non-hydrogen) atoms. The van der Waals surface area contributed by atoms with Gasteiger partial charge >= 0.3 is 5.69 Å². The third kappa shape index (κ3) is 2.86. The van der Waals surface area contributed by atoms with E-state index in [-0.39, 0.29) is 11.3 Å². The second-order valence-corrected chi connectivity index (χ2v) is 5.11. The highest BCUT2D eigenvalue weighted by Gasteiger charge is 2.19. The number of nitriles is 1. The number of nitrogens with zero attached hydrogens (tertiary/aromatic N) is 3. The van der Waals surface area contributed by atoms with Gasteiger partial charge in [0.2, 0.25) is 0 Å². The van der Waals surface area contributed by atoms with Gasteiger partial charge in [-0.3, -0.25) is 10.1 Å². The average Bonchev–Trinajstić information content (AvgIpc) is 2.81. The Labute approximate surface area is 113 Å². The van der Waals surface area contributed by atoms with Crippen LogP contribution in [0.2, 0.25) is 0 Å². The number of hydrogen-bond donors (Lipinski definition) is 1. The molecule has 0 saturated heterocycles. The molecule has 0 aliphatic carbocycles. The lowest BCUT2D eigenvalue weighted by atomic mass is 10.1. The number of rotatable bonds is 4. The van der Waals surface area contributed by atoms with E-state index >= 15 is 0 Å². The van der Waals surface area contributed by atoms with Gasteiger partial charge in [0.15, 0.2) is 0 Å². The molecule has 1 heterocycles. The Kier molecular flexibility index (Phi) is 3.73. The largest absolute Gasteiger partial charge is 0.373 e. The van der Waals surface area contributed by atoms with E-state index in [1.165, 1.54) is 17.4 Å². The Morgan fingerprint density at radius 3 is 2.95 bits per heavy atom. The Bertz CT molecular complexity index is 660. The summed E-state index contributed by atoms with van der Waals surface area (Å²) in [7, 11) is 0. The summed E-state index contributed by atoms with van der Waals surface area (Å²) in [4.78, 5) is 15.7. The fourth-order valence-electron chi connectivity index (χ4n) is 1.63. The highest BCUT2D eigenvalue weighted by Crippen LogP contribution is 2.28. The van der Waals surface area contributed by atoms with Crippen molar-refractivity contribution in [3.8, 4) is 6.07 Å². The van der Waals surface area contributed by atoms with Crippen LogP contribution in [0.15, 0.2) is 24.4 Å². The number of para-hydroxylation sites is 1. The summed E-state index contributed by atoms with van der Waals surface area (Å²) >= 11 is 1.52. The summed E-state index contributed by atoms with van der Waals surface area (Å²) in [5.41, 5.74) is 0.181. The zero-order valence-corrected chi connectivity index (χ0v) is 10.9. The van der Waals surface area contributed by atoms with Crippen LogP contribution in [0, 0.1) is 28.4 Å². The molecule has 6 nitrogen and oxygen atoms in total. The molecule has 2 aromatic rings. The number of hydrogen-bond acceptors (Lipinski definition) is 6. The van der Waals surface area contributed by atoms with Crippen molar-refractivity contribution >= 4 is 22.7 Å². The minimum absolute atomic E-state index is 0.0466. The minimum Gasteiger partial charge on any atom is -0.373 e. The number of aromatic nitrogens is 1. The minimum atomic E-state index is -0.548. The second-order valence-electron chi connectivity index (χ2n) is 3.79. The van der Waals surface area contributed by atoms with Crippen LogP contribution in [0.1, 0.15) is 15.4 Å². The molecule has 0 spiro atoms. The summed E-state index contributed by atoms with van der Waals surface area (Å²) in [5.74, 6) is 0. The molecule has 0 aliphatic heterocycles. The van der Waals surface area contributed by atoms with Gasteiger partial charge < -0.3 is 5.32 Å². The maximum Gasteiger partial charge on any atom is 0.309 e. The maximum atomic E-state index is 11.0. The van der Waals surface area contributed by atoms with Gasteiger partial charge in [0.25, 0.3) is 0 Å². The summed E-state index contributed by atoms with van der Waals surface area (Å²) in [5, 5.41) is 23.7. The van der Waals surface area contributed by atoms with E-state index in [1.54, 1.807) is 18.3 Å². The van der Waals surface area contributed by atoms with Crippen molar-refractivity contribution in [3.05, 3.63) is 50.0 Å². The van der Waals surface area contributed by atoms with Crippen LogP contribution in [-0.4, -0.2) is 9.91 Å². The molecule has 0 aliphatic rings. The summed E-state index contributed by atoms with van der Waals surface area (Å²) in [6.45, 7) is 2.34. The second kappa shape index (κ2) is 5.46. The van der Waals surface area contributed by atoms with Crippen molar-refractivity contribution in [2.75, 3.05) is 5.32 Å². The first kappa shape index (κ1) is 13.0. The summed E-state index contributed by atoms with van der Waals surface area (Å²) in [6.07, 6.45) is 1.75. The Morgan fingerprint density at radius 2 is 2.37 bits per heavy atom. The van der Waals surface area contributed by atoms with E-state index in [0.29, 0.717) is 12.2 Å². The highest BCUT2D eigenvalue weighted by molar-refractivity contribution is 7.11. The molecule has 1 N–H and O–H groups in total. The predicted octanol–water partition coefficient (Wildman–Crippen LogP) is 2.84. The zero-order valence-electron chi connectivity index (χ0n) is 10.1. The van der Waals surface area contributed by atoms with E-state index in [0.717, 1.165) is 9.88 Å². The fourth-order valence-corrected chi connectivity index (χ4v) is 2.35. The SMILES string of the molecule is Cc1cnc(CNc2cccc(C#N)c2[N+](=O)[O-])s1. The smallest absolute Gasteiger partial charge is 0.309 e. The quantitative estimate of drug-likeness (QED) is 0.683. The van der Waals surface area contributed by atoms with Gasteiger partial charge in [0.1, 0.15) is 22.3 Å². The Hall–Kier alpha value is -2.46. The van der Waals surface area contributed by atoms with E-state index < -0.39 is 4.92 Å². The molecule has 96 valence electrons. The first-order valence-electron chi connectivity index (χ1n) is 5.44. The van der Waals surface area contributed by atoms with Crippen molar-refractivity contribution in [3.63, 3.8) is 0 Å². The monoisotopic (exact) mass is 274 g/mol. The van der Waals surface area contributed by atoms with Crippen LogP contribution in [0.25, 0.3) is 0 Å². The van der Waals surface area contributed by atoms with Crippen LogP contribution in [0.3, 0.4) is 0 Å². The van der Waals surface area contributed by atoms with Crippen LogP contribution in [-0.2, 0) is 6.54 Å². The van der Waals surface area contributed by atoms with Crippen molar-refractivity contribution < 1.29 is 4.92 Å². The third-order valence-corrected chi connectivity index (χ3v) is 3.35. The topological polar surface area (TPSA) is 91.8 Å². The normalized spacial score (nSPS) is 9.89. The Morgan fingerprint density at radius 1 is 1.58 bits per heavy atom. The predicted molar refractivity (Wildman–Crippen MR) is 72.0 cm³/mol. The summed E-state index contributed by atoms with van der Waals surface area (Å²) in [6, 6.07) is 6.45. The van der Waals surface area contributed by atoms with Gasteiger partial charge in [-0.2, -0.15) is 5.26 Å². The van der Waals surface area contributed by atoms with Gasteiger partial charge in [0, 0.05) is 11.1 Å². The van der Waals surface area contributed by atoms with Gasteiger partial charge in [-0.15, -0.1) is 11.3 Å². The van der Waals surface area contributed by atoms with E-state index in [2.05, 4.69) is 10.3 Å². The third-order valence-electron chi connectivity index (χ3n) is 2.44. The number of benzene rings is 1. The van der Waals surface area contributed by atoms with E-state index in [4.69, 9.17) is 5.26 Å². The number of thiazole rings is 1. The molecule has 0 unspecified atom stereocenters. The first-order valence-corrected chi connectivity index (χ1v) is 6.26. The fraction of sp³-hybridized carbons (Fsp3) is 0.167. The highest BCUT2D eigenvalue weighted by atomic mass is 32.1. The van der Waals surface area contributed by atoms with Crippen molar-refractivity contribution in [2.24, 2.45) is 0 Å². The number of anilines is 1. The summed E-state index contributed by atoms with van der Waals surface area (Å²) < 4.78 is 0. The zero-order chi connectivity index (χ0) is 13.8. The number of nitro benzene ring substituents is 1. The van der Waals surface area contributed by atoms with Crippen molar-refractivity contribution in [1.29, 1.82) is 5.26 Å². The molecular formula is C12H10N4O2S. The van der Waals surface area contributed by atoms with Crippen LogP contribution in [0.4, 0.5) is 11.4 Å². The Balaban J connectivity index is 2.25. The first-order chi connectivity index (χ1) is 9.11. The van der Waals surface area contributed by atoms with Crippen molar-refractivity contribution in [1.82, 2.24) is 4.98 Å². The number of nitro groups is 1. The molecule has 0 atom stereocenters. The lowest BCUT2D eigenvalue weighted by molar-refractivity contribution is -0.384. The van der Waals surface area contributed by atoms with Crippen molar-refractivity contribution in [2.45, 2.75) is 13.5 Å². The molecule has 1 aromatic heterocycles. The molecule has 0 amide bonds. The lowest BCUT2D eigenvalue weighted by Crippen LogP contribution is -2.03. The standard InChI is InChI=1S/C12H10N4O2S/c1-8-6-15-11(19-8)7-14-10-4-2-3-9(5-13)12(10)16(17)18/h2-4,6,14H,7H2,1H3. The average molecular weight is 274 g/mol. The molecule has 0 radical (unpaired) electrons. The van der Waals surface area contributed by atoms with Crippen LogP contribution in [0.5, 0.6) is 0 Å². The van der Waals surface area contributed by atoms with Crippen LogP contribution < -0.4 is 5.32 Å². The van der Waals surface area contributed by atoms with Gasteiger partial charge in [-0.25, -0.2) is 4.98 Å². The molecule has 0 bridgehead atoms. The van der Waals surface area contributed by atoms with Gasteiger partial charge in [0.05, 0.1) is 11.5 Å². The maximum absolute atomic E-state index is 11.0. The molecule has 7 heteroatoms. The van der Waals surface area contributed by atoms with Gasteiger partial charge in [-0.05, 0) is 19.1 Å².